The number of carbonyl (C=O) groups is 1. The fraction of sp³-hybridized carbons (Fsp3) is 0.474. The summed E-state index contributed by atoms with van der Waals surface area (Å²) in [7, 11) is 0. The molecule has 1 fully saturated rings. The average Bonchev–Trinajstić information content (AvgIpc) is 2.70. The van der Waals surface area contributed by atoms with Crippen molar-refractivity contribution in [3.63, 3.8) is 0 Å². The SMILES string of the molecule is CCC(CC)C(=O)Nc1ccc(N2CCN(c3ncccn3)CC2)nc1. The Balaban J connectivity index is 1.55. The number of hydrogen-bond acceptors (Lipinski definition) is 6. The minimum atomic E-state index is 0.0583. The van der Waals surface area contributed by atoms with Gasteiger partial charge in [-0.3, -0.25) is 4.79 Å². The first-order valence-corrected chi connectivity index (χ1v) is 9.25. The van der Waals surface area contributed by atoms with Crippen LogP contribution in [0.3, 0.4) is 0 Å². The molecule has 1 saturated heterocycles. The van der Waals surface area contributed by atoms with Crippen molar-refractivity contribution < 1.29 is 4.79 Å². The van der Waals surface area contributed by atoms with Crippen molar-refractivity contribution >= 4 is 23.4 Å². The van der Waals surface area contributed by atoms with E-state index in [2.05, 4.69) is 30.1 Å². The number of hydrogen-bond donors (Lipinski definition) is 1. The molecule has 7 heteroatoms. The van der Waals surface area contributed by atoms with E-state index >= 15 is 0 Å². The molecule has 0 aliphatic carbocycles. The molecule has 0 atom stereocenters. The summed E-state index contributed by atoms with van der Waals surface area (Å²) in [5.41, 5.74) is 0.752. The van der Waals surface area contributed by atoms with Gasteiger partial charge in [0.1, 0.15) is 5.82 Å². The zero-order chi connectivity index (χ0) is 18.4. The first-order valence-electron chi connectivity index (χ1n) is 9.25. The number of anilines is 3. The van der Waals surface area contributed by atoms with Gasteiger partial charge in [-0.05, 0) is 31.0 Å². The van der Waals surface area contributed by atoms with Crippen molar-refractivity contribution in [1.29, 1.82) is 0 Å². The van der Waals surface area contributed by atoms with Gasteiger partial charge in [0.2, 0.25) is 11.9 Å². The highest BCUT2D eigenvalue weighted by molar-refractivity contribution is 5.92. The number of nitrogens with zero attached hydrogens (tertiary/aromatic N) is 5. The van der Waals surface area contributed by atoms with Gasteiger partial charge in [0, 0.05) is 44.5 Å². The lowest BCUT2D eigenvalue weighted by molar-refractivity contribution is -0.120. The van der Waals surface area contributed by atoms with Crippen LogP contribution in [0.4, 0.5) is 17.5 Å². The van der Waals surface area contributed by atoms with Crippen LogP contribution in [-0.4, -0.2) is 47.0 Å². The summed E-state index contributed by atoms with van der Waals surface area (Å²) in [6.45, 7) is 7.53. The molecule has 26 heavy (non-hydrogen) atoms. The normalized spacial score (nSPS) is 14.6. The summed E-state index contributed by atoms with van der Waals surface area (Å²) in [5.74, 6) is 1.84. The summed E-state index contributed by atoms with van der Waals surface area (Å²) in [6, 6.07) is 5.72. The predicted molar refractivity (Wildman–Crippen MR) is 103 cm³/mol. The third-order valence-electron chi connectivity index (χ3n) is 4.81. The maximum absolute atomic E-state index is 12.2. The van der Waals surface area contributed by atoms with Crippen LogP contribution in [0.15, 0.2) is 36.8 Å². The van der Waals surface area contributed by atoms with Crippen molar-refractivity contribution in [2.45, 2.75) is 26.7 Å². The molecule has 0 radical (unpaired) electrons. The number of piperazine rings is 1. The van der Waals surface area contributed by atoms with Crippen LogP contribution in [0.25, 0.3) is 0 Å². The highest BCUT2D eigenvalue weighted by atomic mass is 16.1. The van der Waals surface area contributed by atoms with Gasteiger partial charge in [0.25, 0.3) is 0 Å². The van der Waals surface area contributed by atoms with E-state index in [1.54, 1.807) is 18.6 Å². The van der Waals surface area contributed by atoms with Crippen LogP contribution in [0.1, 0.15) is 26.7 Å². The lowest BCUT2D eigenvalue weighted by Crippen LogP contribution is -2.47. The third kappa shape index (κ3) is 4.28. The largest absolute Gasteiger partial charge is 0.353 e. The summed E-state index contributed by atoms with van der Waals surface area (Å²) in [4.78, 5) is 29.7. The highest BCUT2D eigenvalue weighted by Gasteiger charge is 2.20. The molecule has 2 aromatic rings. The van der Waals surface area contributed by atoms with E-state index in [9.17, 15) is 4.79 Å². The molecule has 138 valence electrons. The molecular formula is C19H26N6O. The van der Waals surface area contributed by atoms with E-state index in [0.717, 1.165) is 56.5 Å². The molecule has 1 aliphatic heterocycles. The van der Waals surface area contributed by atoms with Crippen molar-refractivity contribution in [3.05, 3.63) is 36.8 Å². The Morgan fingerprint density at radius 1 is 1.04 bits per heavy atom. The fourth-order valence-corrected chi connectivity index (χ4v) is 3.14. The number of rotatable bonds is 6. The summed E-state index contributed by atoms with van der Waals surface area (Å²) >= 11 is 0. The van der Waals surface area contributed by atoms with Crippen molar-refractivity contribution in [2.24, 2.45) is 5.92 Å². The Labute approximate surface area is 154 Å². The molecule has 1 N–H and O–H groups in total. The van der Waals surface area contributed by atoms with Crippen molar-refractivity contribution in [1.82, 2.24) is 15.0 Å². The minimum absolute atomic E-state index is 0.0583. The molecule has 0 bridgehead atoms. The topological polar surface area (TPSA) is 74.2 Å². The van der Waals surface area contributed by atoms with E-state index in [1.165, 1.54) is 0 Å². The second-order valence-electron chi connectivity index (χ2n) is 6.43. The molecule has 2 aromatic heterocycles. The minimum Gasteiger partial charge on any atom is -0.353 e. The lowest BCUT2D eigenvalue weighted by Gasteiger charge is -2.35. The van der Waals surface area contributed by atoms with E-state index in [4.69, 9.17) is 0 Å². The first kappa shape index (κ1) is 18.1. The number of amides is 1. The Morgan fingerprint density at radius 2 is 1.69 bits per heavy atom. The lowest BCUT2D eigenvalue weighted by atomic mass is 10.0. The maximum atomic E-state index is 12.2. The van der Waals surface area contributed by atoms with E-state index in [-0.39, 0.29) is 11.8 Å². The van der Waals surface area contributed by atoms with Gasteiger partial charge in [0.15, 0.2) is 0 Å². The van der Waals surface area contributed by atoms with Gasteiger partial charge < -0.3 is 15.1 Å². The van der Waals surface area contributed by atoms with Crippen molar-refractivity contribution in [2.75, 3.05) is 41.3 Å². The predicted octanol–water partition coefficient (Wildman–Crippen LogP) is 2.57. The first-order chi connectivity index (χ1) is 12.7. The second-order valence-corrected chi connectivity index (χ2v) is 6.43. The molecular weight excluding hydrogens is 328 g/mol. The van der Waals surface area contributed by atoms with Crippen LogP contribution in [0.2, 0.25) is 0 Å². The molecule has 0 saturated carbocycles. The van der Waals surface area contributed by atoms with Gasteiger partial charge in [-0.25, -0.2) is 15.0 Å². The van der Waals surface area contributed by atoms with Crippen LogP contribution in [0.5, 0.6) is 0 Å². The molecule has 0 spiro atoms. The summed E-state index contributed by atoms with van der Waals surface area (Å²) < 4.78 is 0. The van der Waals surface area contributed by atoms with Gasteiger partial charge in [-0.2, -0.15) is 0 Å². The molecule has 0 unspecified atom stereocenters. The van der Waals surface area contributed by atoms with Crippen LogP contribution < -0.4 is 15.1 Å². The summed E-state index contributed by atoms with van der Waals surface area (Å²) in [6.07, 6.45) is 6.98. The molecule has 3 rings (SSSR count). The Bertz CT molecular complexity index is 694. The van der Waals surface area contributed by atoms with Gasteiger partial charge in [0.05, 0.1) is 11.9 Å². The zero-order valence-electron chi connectivity index (χ0n) is 15.4. The monoisotopic (exact) mass is 354 g/mol. The van der Waals surface area contributed by atoms with E-state index in [0.29, 0.717) is 0 Å². The number of carbonyl (C=O) groups excluding carboxylic acids is 1. The molecule has 3 heterocycles. The number of nitrogens with one attached hydrogen (secondary N) is 1. The van der Waals surface area contributed by atoms with Crippen LogP contribution in [0, 0.1) is 5.92 Å². The Morgan fingerprint density at radius 3 is 2.27 bits per heavy atom. The van der Waals surface area contributed by atoms with Crippen LogP contribution in [-0.2, 0) is 4.79 Å². The average molecular weight is 354 g/mol. The quantitative estimate of drug-likeness (QED) is 0.859. The zero-order valence-corrected chi connectivity index (χ0v) is 15.4. The second kappa shape index (κ2) is 8.60. The fourth-order valence-electron chi connectivity index (χ4n) is 3.14. The third-order valence-corrected chi connectivity index (χ3v) is 4.81. The van der Waals surface area contributed by atoms with Gasteiger partial charge in [-0.15, -0.1) is 0 Å². The molecule has 1 amide bonds. The van der Waals surface area contributed by atoms with Gasteiger partial charge >= 0.3 is 0 Å². The number of aromatic nitrogens is 3. The van der Waals surface area contributed by atoms with Crippen molar-refractivity contribution in [3.8, 4) is 0 Å². The summed E-state index contributed by atoms with van der Waals surface area (Å²) in [5, 5.41) is 2.96. The molecule has 7 nitrogen and oxygen atoms in total. The number of pyridine rings is 1. The Hall–Kier alpha value is -2.70. The smallest absolute Gasteiger partial charge is 0.227 e. The molecule has 0 aromatic carbocycles. The maximum Gasteiger partial charge on any atom is 0.227 e. The van der Waals surface area contributed by atoms with E-state index < -0.39 is 0 Å². The highest BCUT2D eigenvalue weighted by Crippen LogP contribution is 2.19. The van der Waals surface area contributed by atoms with E-state index in [1.807, 2.05) is 32.0 Å². The standard InChI is InChI=1S/C19H26N6O/c1-3-15(4-2)18(26)23-16-6-7-17(22-14-16)24-10-12-25(13-11-24)19-20-8-5-9-21-19/h5-9,14-15H,3-4,10-13H2,1-2H3,(H,23,26). The van der Waals surface area contributed by atoms with Gasteiger partial charge in [-0.1, -0.05) is 13.8 Å². The Kier molecular flexibility index (Phi) is 5.99. The molecule has 1 aliphatic rings. The van der Waals surface area contributed by atoms with Crippen LogP contribution >= 0.6 is 0 Å².